The predicted octanol–water partition coefficient (Wildman–Crippen LogP) is 2.58. The van der Waals surface area contributed by atoms with Crippen molar-refractivity contribution >= 4 is 0 Å². The van der Waals surface area contributed by atoms with E-state index in [0.717, 1.165) is 12.0 Å². The maximum absolute atomic E-state index is 6.12. The Morgan fingerprint density at radius 3 is 2.53 bits per heavy atom. The number of methoxy groups -OCH3 is 1. The lowest BCUT2D eigenvalue weighted by molar-refractivity contribution is -0.272. The Hall–Kier alpha value is -0.900. The number of benzene rings is 1. The maximum atomic E-state index is 6.12. The molecule has 17 heavy (non-hydrogen) atoms. The molecule has 3 rings (SSSR count). The molecule has 0 aliphatic carbocycles. The Labute approximate surface area is 102 Å². The SMILES string of the molecule is COC12OC(C)(Cc3ccccc31)OC2(C)C. The highest BCUT2D eigenvalue weighted by molar-refractivity contribution is 5.38. The largest absolute Gasteiger partial charge is 0.347 e. The molecule has 1 aromatic rings. The van der Waals surface area contributed by atoms with Gasteiger partial charge in [0, 0.05) is 19.1 Å². The van der Waals surface area contributed by atoms with E-state index in [1.165, 1.54) is 5.56 Å². The first-order valence-electron chi connectivity index (χ1n) is 5.96. The zero-order chi connectivity index (χ0) is 12.3. The standard InChI is InChI=1S/C14H18O3/c1-12(2)14(15-4)11-8-6-5-7-10(11)9-13(3,16-12)17-14/h5-8H,9H2,1-4H3. The molecule has 2 atom stereocenters. The average molecular weight is 234 g/mol. The van der Waals surface area contributed by atoms with Gasteiger partial charge in [-0.3, -0.25) is 0 Å². The second kappa shape index (κ2) is 3.10. The molecular weight excluding hydrogens is 216 g/mol. The number of rotatable bonds is 1. The fraction of sp³-hybridized carbons (Fsp3) is 0.571. The molecule has 1 aromatic carbocycles. The number of hydrogen-bond donors (Lipinski definition) is 0. The summed E-state index contributed by atoms with van der Waals surface area (Å²) in [7, 11) is 1.68. The van der Waals surface area contributed by atoms with E-state index >= 15 is 0 Å². The monoisotopic (exact) mass is 234 g/mol. The highest BCUT2D eigenvalue weighted by Crippen LogP contribution is 2.55. The van der Waals surface area contributed by atoms with Crippen molar-refractivity contribution in [1.29, 1.82) is 0 Å². The van der Waals surface area contributed by atoms with Crippen molar-refractivity contribution in [1.82, 2.24) is 0 Å². The Kier molecular flexibility index (Phi) is 2.05. The van der Waals surface area contributed by atoms with E-state index in [9.17, 15) is 0 Å². The van der Waals surface area contributed by atoms with Crippen molar-refractivity contribution in [3.8, 4) is 0 Å². The smallest absolute Gasteiger partial charge is 0.227 e. The van der Waals surface area contributed by atoms with E-state index in [1.807, 2.05) is 32.9 Å². The second-order valence-electron chi connectivity index (χ2n) is 5.50. The quantitative estimate of drug-likeness (QED) is 0.747. The lowest BCUT2D eigenvalue weighted by Crippen LogP contribution is -2.48. The molecule has 2 heterocycles. The van der Waals surface area contributed by atoms with Crippen molar-refractivity contribution in [2.45, 2.75) is 44.4 Å². The van der Waals surface area contributed by atoms with Crippen LogP contribution in [0.1, 0.15) is 31.9 Å². The molecule has 0 amide bonds. The minimum Gasteiger partial charge on any atom is -0.347 e. The fourth-order valence-electron chi connectivity index (χ4n) is 3.25. The van der Waals surface area contributed by atoms with Gasteiger partial charge in [-0.1, -0.05) is 24.3 Å². The molecule has 0 N–H and O–H groups in total. The van der Waals surface area contributed by atoms with Gasteiger partial charge in [0.15, 0.2) is 5.79 Å². The summed E-state index contributed by atoms with van der Waals surface area (Å²) in [5.74, 6) is -1.38. The van der Waals surface area contributed by atoms with Crippen LogP contribution in [0.15, 0.2) is 24.3 Å². The van der Waals surface area contributed by atoms with Crippen molar-refractivity contribution in [2.75, 3.05) is 7.11 Å². The minimum absolute atomic E-state index is 0.497. The highest BCUT2D eigenvalue weighted by Gasteiger charge is 2.65. The summed E-state index contributed by atoms with van der Waals surface area (Å²) in [6.45, 7) is 6.01. The van der Waals surface area contributed by atoms with Crippen LogP contribution in [0.4, 0.5) is 0 Å². The first-order chi connectivity index (χ1) is 7.93. The topological polar surface area (TPSA) is 27.7 Å². The third kappa shape index (κ3) is 1.27. The van der Waals surface area contributed by atoms with E-state index in [0.29, 0.717) is 0 Å². The van der Waals surface area contributed by atoms with Gasteiger partial charge in [-0.25, -0.2) is 0 Å². The van der Waals surface area contributed by atoms with Gasteiger partial charge in [0.2, 0.25) is 5.79 Å². The van der Waals surface area contributed by atoms with Gasteiger partial charge in [-0.05, 0) is 26.3 Å². The van der Waals surface area contributed by atoms with E-state index in [4.69, 9.17) is 14.2 Å². The van der Waals surface area contributed by atoms with Gasteiger partial charge >= 0.3 is 0 Å². The van der Waals surface area contributed by atoms with Crippen LogP contribution in [0.5, 0.6) is 0 Å². The summed E-state index contributed by atoms with van der Waals surface area (Å²) in [6, 6.07) is 8.24. The Morgan fingerprint density at radius 1 is 1.12 bits per heavy atom. The zero-order valence-corrected chi connectivity index (χ0v) is 10.7. The molecule has 3 nitrogen and oxygen atoms in total. The van der Waals surface area contributed by atoms with E-state index in [2.05, 4.69) is 12.1 Å². The summed E-state index contributed by atoms with van der Waals surface area (Å²) in [6.07, 6.45) is 0.762. The predicted molar refractivity (Wildman–Crippen MR) is 63.5 cm³/mol. The summed E-state index contributed by atoms with van der Waals surface area (Å²) in [4.78, 5) is 0. The molecule has 2 aliphatic heterocycles. The third-order valence-corrected chi connectivity index (χ3v) is 3.79. The minimum atomic E-state index is -0.795. The lowest BCUT2D eigenvalue weighted by atomic mass is 9.85. The van der Waals surface area contributed by atoms with Gasteiger partial charge < -0.3 is 14.2 Å². The Bertz CT molecular complexity index is 468. The van der Waals surface area contributed by atoms with Crippen LogP contribution in [0.3, 0.4) is 0 Å². The van der Waals surface area contributed by atoms with Crippen molar-refractivity contribution in [2.24, 2.45) is 0 Å². The molecule has 1 saturated heterocycles. The fourth-order valence-corrected chi connectivity index (χ4v) is 3.25. The molecule has 0 radical (unpaired) electrons. The molecular formula is C14H18O3. The van der Waals surface area contributed by atoms with Gasteiger partial charge in [0.25, 0.3) is 0 Å². The lowest BCUT2D eigenvalue weighted by Gasteiger charge is -2.40. The van der Waals surface area contributed by atoms with E-state index < -0.39 is 17.2 Å². The van der Waals surface area contributed by atoms with E-state index in [-0.39, 0.29) is 0 Å². The molecule has 0 saturated carbocycles. The van der Waals surface area contributed by atoms with Crippen molar-refractivity contribution in [3.05, 3.63) is 35.4 Å². The van der Waals surface area contributed by atoms with Crippen molar-refractivity contribution < 1.29 is 14.2 Å². The van der Waals surface area contributed by atoms with Gasteiger partial charge in [0.05, 0.1) is 0 Å². The number of fused-ring (bicyclic) bond motifs is 4. The maximum Gasteiger partial charge on any atom is 0.227 e. The molecule has 1 fully saturated rings. The molecule has 3 heteroatoms. The molecule has 0 spiro atoms. The number of hydrogen-bond acceptors (Lipinski definition) is 3. The van der Waals surface area contributed by atoms with Crippen LogP contribution in [0.2, 0.25) is 0 Å². The normalized spacial score (nSPS) is 37.9. The van der Waals surface area contributed by atoms with Crippen molar-refractivity contribution in [3.63, 3.8) is 0 Å². The molecule has 2 bridgehead atoms. The second-order valence-corrected chi connectivity index (χ2v) is 5.50. The highest BCUT2D eigenvalue weighted by atomic mass is 16.8. The summed E-state index contributed by atoms with van der Waals surface area (Å²) in [5.41, 5.74) is 1.83. The average Bonchev–Trinajstić information content (AvgIpc) is 2.42. The summed E-state index contributed by atoms with van der Waals surface area (Å²) >= 11 is 0. The molecule has 92 valence electrons. The third-order valence-electron chi connectivity index (χ3n) is 3.79. The van der Waals surface area contributed by atoms with Gasteiger partial charge in [-0.15, -0.1) is 0 Å². The summed E-state index contributed by atoms with van der Waals surface area (Å²) < 4.78 is 17.9. The molecule has 0 aromatic heterocycles. The zero-order valence-electron chi connectivity index (χ0n) is 10.7. The first kappa shape index (κ1) is 11.2. The number of ether oxygens (including phenoxy) is 3. The first-order valence-corrected chi connectivity index (χ1v) is 5.96. The van der Waals surface area contributed by atoms with Crippen LogP contribution in [-0.2, 0) is 26.4 Å². The van der Waals surface area contributed by atoms with Gasteiger partial charge in [-0.2, -0.15) is 0 Å². The van der Waals surface area contributed by atoms with E-state index in [1.54, 1.807) is 7.11 Å². The Morgan fingerprint density at radius 2 is 1.82 bits per heavy atom. The van der Waals surface area contributed by atoms with Gasteiger partial charge in [0.1, 0.15) is 5.60 Å². The van der Waals surface area contributed by atoms with Crippen LogP contribution in [0.25, 0.3) is 0 Å². The Balaban J connectivity index is 2.27. The van der Waals surface area contributed by atoms with Crippen LogP contribution >= 0.6 is 0 Å². The van der Waals surface area contributed by atoms with Crippen LogP contribution < -0.4 is 0 Å². The van der Waals surface area contributed by atoms with Crippen LogP contribution in [-0.4, -0.2) is 18.5 Å². The summed E-state index contributed by atoms with van der Waals surface area (Å²) in [5, 5.41) is 0. The van der Waals surface area contributed by atoms with Crippen LogP contribution in [0, 0.1) is 0 Å². The molecule has 2 aliphatic rings. The molecule has 2 unspecified atom stereocenters.